The fraction of sp³-hybridized carbons (Fsp3) is 0.133. The Labute approximate surface area is 135 Å². The first kappa shape index (κ1) is 15.1. The van der Waals surface area contributed by atoms with Crippen LogP contribution in [0.2, 0.25) is 0 Å². The van der Waals surface area contributed by atoms with E-state index >= 15 is 0 Å². The van der Waals surface area contributed by atoms with Crippen molar-refractivity contribution in [3.8, 4) is 0 Å². The van der Waals surface area contributed by atoms with E-state index in [2.05, 4.69) is 42.5 Å². The maximum atomic E-state index is 11.9. The smallest absolute Gasteiger partial charge is 0.243 e. The molecule has 2 aromatic carbocycles. The number of rotatable bonds is 4. The standard InChI is InChI=1S/C15H14Br2N2O/c1-10-6-7-14(12(17)8-10)19-15(20)9-18-13-5-3-2-4-11(13)16/h2-8,18H,9H2,1H3,(H,19,20). The van der Waals surface area contributed by atoms with E-state index in [1.165, 1.54) is 0 Å². The fourth-order valence-electron chi connectivity index (χ4n) is 1.70. The van der Waals surface area contributed by atoms with Gasteiger partial charge >= 0.3 is 0 Å². The van der Waals surface area contributed by atoms with Crippen molar-refractivity contribution >= 4 is 49.1 Å². The third-order valence-corrected chi connectivity index (χ3v) is 4.06. The number of aryl methyl sites for hydroxylation is 1. The minimum Gasteiger partial charge on any atom is -0.375 e. The first-order valence-corrected chi connectivity index (χ1v) is 7.69. The third kappa shape index (κ3) is 4.08. The number of benzene rings is 2. The number of halogens is 2. The maximum absolute atomic E-state index is 11.9. The van der Waals surface area contributed by atoms with Crippen molar-refractivity contribution in [3.63, 3.8) is 0 Å². The van der Waals surface area contributed by atoms with Gasteiger partial charge < -0.3 is 10.6 Å². The van der Waals surface area contributed by atoms with Crippen LogP contribution in [0, 0.1) is 6.92 Å². The zero-order chi connectivity index (χ0) is 14.5. The average molecular weight is 398 g/mol. The second kappa shape index (κ2) is 6.90. The van der Waals surface area contributed by atoms with E-state index in [-0.39, 0.29) is 12.5 Å². The van der Waals surface area contributed by atoms with Crippen molar-refractivity contribution in [2.75, 3.05) is 17.2 Å². The number of hydrogen-bond acceptors (Lipinski definition) is 2. The number of anilines is 2. The highest BCUT2D eigenvalue weighted by atomic mass is 79.9. The molecule has 0 atom stereocenters. The number of carbonyl (C=O) groups is 1. The molecule has 0 aliphatic carbocycles. The van der Waals surface area contributed by atoms with Gasteiger partial charge in [-0.1, -0.05) is 18.2 Å². The minimum absolute atomic E-state index is 0.0923. The molecular weight excluding hydrogens is 384 g/mol. The summed E-state index contributed by atoms with van der Waals surface area (Å²) in [6, 6.07) is 13.5. The Hall–Kier alpha value is -1.33. The zero-order valence-corrected chi connectivity index (χ0v) is 14.1. The highest BCUT2D eigenvalue weighted by molar-refractivity contribution is 9.11. The van der Waals surface area contributed by atoms with Gasteiger partial charge in [0.1, 0.15) is 0 Å². The largest absolute Gasteiger partial charge is 0.375 e. The lowest BCUT2D eigenvalue weighted by Crippen LogP contribution is -2.22. The number of amides is 1. The van der Waals surface area contributed by atoms with E-state index in [1.807, 2.05) is 49.4 Å². The van der Waals surface area contributed by atoms with Gasteiger partial charge in [0.05, 0.1) is 12.2 Å². The van der Waals surface area contributed by atoms with Crippen LogP contribution in [-0.4, -0.2) is 12.5 Å². The van der Waals surface area contributed by atoms with Crippen LogP contribution in [0.4, 0.5) is 11.4 Å². The maximum Gasteiger partial charge on any atom is 0.243 e. The molecule has 0 spiro atoms. The Morgan fingerprint density at radius 1 is 1.05 bits per heavy atom. The van der Waals surface area contributed by atoms with Crippen LogP contribution in [0.15, 0.2) is 51.4 Å². The average Bonchev–Trinajstić information content (AvgIpc) is 2.41. The molecule has 0 unspecified atom stereocenters. The Morgan fingerprint density at radius 3 is 2.50 bits per heavy atom. The van der Waals surface area contributed by atoms with E-state index in [4.69, 9.17) is 0 Å². The molecule has 2 aromatic rings. The summed E-state index contributed by atoms with van der Waals surface area (Å²) in [5, 5.41) is 5.95. The summed E-state index contributed by atoms with van der Waals surface area (Å²) in [7, 11) is 0. The Bertz CT molecular complexity index is 629. The number of nitrogens with one attached hydrogen (secondary N) is 2. The molecule has 5 heteroatoms. The van der Waals surface area contributed by atoms with Crippen LogP contribution in [0.1, 0.15) is 5.56 Å². The molecule has 2 rings (SSSR count). The summed E-state index contributed by atoms with van der Waals surface area (Å²) in [5.74, 6) is -0.0923. The Morgan fingerprint density at radius 2 is 1.80 bits per heavy atom. The quantitative estimate of drug-likeness (QED) is 0.793. The van der Waals surface area contributed by atoms with Gasteiger partial charge in [-0.2, -0.15) is 0 Å². The SMILES string of the molecule is Cc1ccc(NC(=O)CNc2ccccc2Br)c(Br)c1. The van der Waals surface area contributed by atoms with Gasteiger partial charge in [0.25, 0.3) is 0 Å². The summed E-state index contributed by atoms with van der Waals surface area (Å²) in [5.41, 5.74) is 2.81. The Kier molecular flexibility index (Phi) is 5.20. The molecule has 0 saturated heterocycles. The number of para-hydroxylation sites is 1. The van der Waals surface area contributed by atoms with Crippen LogP contribution < -0.4 is 10.6 Å². The molecule has 2 N–H and O–H groups in total. The van der Waals surface area contributed by atoms with Crippen molar-refractivity contribution in [3.05, 3.63) is 57.0 Å². The van der Waals surface area contributed by atoms with E-state index in [9.17, 15) is 4.79 Å². The molecule has 0 aliphatic heterocycles. The van der Waals surface area contributed by atoms with Crippen LogP contribution in [0.5, 0.6) is 0 Å². The van der Waals surface area contributed by atoms with E-state index in [1.54, 1.807) is 0 Å². The highest BCUT2D eigenvalue weighted by Crippen LogP contribution is 2.24. The Balaban J connectivity index is 1.94. The van der Waals surface area contributed by atoms with Crippen LogP contribution >= 0.6 is 31.9 Å². The molecule has 3 nitrogen and oxygen atoms in total. The van der Waals surface area contributed by atoms with Gasteiger partial charge in [-0.25, -0.2) is 0 Å². The predicted molar refractivity (Wildman–Crippen MR) is 90.1 cm³/mol. The van der Waals surface area contributed by atoms with Gasteiger partial charge in [0.15, 0.2) is 0 Å². The normalized spacial score (nSPS) is 10.2. The van der Waals surface area contributed by atoms with E-state index in [0.29, 0.717) is 0 Å². The molecule has 0 aliphatic rings. The first-order chi connectivity index (χ1) is 9.56. The molecule has 0 heterocycles. The van der Waals surface area contributed by atoms with Crippen molar-refractivity contribution in [2.45, 2.75) is 6.92 Å². The van der Waals surface area contributed by atoms with Gasteiger partial charge in [0, 0.05) is 14.6 Å². The second-order valence-corrected chi connectivity index (χ2v) is 6.07. The highest BCUT2D eigenvalue weighted by Gasteiger charge is 2.06. The molecule has 0 aromatic heterocycles. The number of carbonyl (C=O) groups excluding carboxylic acids is 1. The number of hydrogen-bond donors (Lipinski definition) is 2. The molecule has 20 heavy (non-hydrogen) atoms. The van der Waals surface area contributed by atoms with E-state index in [0.717, 1.165) is 25.9 Å². The van der Waals surface area contributed by atoms with Gasteiger partial charge in [-0.15, -0.1) is 0 Å². The molecule has 0 bridgehead atoms. The summed E-state index contributed by atoms with van der Waals surface area (Å²) in [6.45, 7) is 2.22. The zero-order valence-electron chi connectivity index (χ0n) is 10.9. The van der Waals surface area contributed by atoms with Crippen LogP contribution in [0.3, 0.4) is 0 Å². The molecule has 0 fully saturated rings. The van der Waals surface area contributed by atoms with Crippen molar-refractivity contribution in [2.24, 2.45) is 0 Å². The first-order valence-electron chi connectivity index (χ1n) is 6.10. The summed E-state index contributed by atoms with van der Waals surface area (Å²) < 4.78 is 1.82. The van der Waals surface area contributed by atoms with Crippen LogP contribution in [-0.2, 0) is 4.79 Å². The molecule has 1 amide bonds. The summed E-state index contributed by atoms with van der Waals surface area (Å²) >= 11 is 6.87. The topological polar surface area (TPSA) is 41.1 Å². The van der Waals surface area contributed by atoms with E-state index < -0.39 is 0 Å². The molecule has 0 saturated carbocycles. The third-order valence-electron chi connectivity index (χ3n) is 2.71. The molecule has 0 radical (unpaired) electrons. The molecule has 104 valence electrons. The summed E-state index contributed by atoms with van der Waals surface area (Å²) in [6.07, 6.45) is 0. The lowest BCUT2D eigenvalue weighted by atomic mass is 10.2. The molecular formula is C15H14Br2N2O. The van der Waals surface area contributed by atoms with Gasteiger partial charge in [0.2, 0.25) is 5.91 Å². The van der Waals surface area contributed by atoms with Crippen molar-refractivity contribution in [1.29, 1.82) is 0 Å². The predicted octanol–water partition coefficient (Wildman–Crippen LogP) is 4.57. The summed E-state index contributed by atoms with van der Waals surface area (Å²) in [4.78, 5) is 11.9. The minimum atomic E-state index is -0.0923. The van der Waals surface area contributed by atoms with Crippen molar-refractivity contribution < 1.29 is 4.79 Å². The van der Waals surface area contributed by atoms with Crippen LogP contribution in [0.25, 0.3) is 0 Å². The lowest BCUT2D eigenvalue weighted by molar-refractivity contribution is -0.114. The van der Waals surface area contributed by atoms with Gasteiger partial charge in [-0.05, 0) is 68.6 Å². The van der Waals surface area contributed by atoms with Gasteiger partial charge in [-0.3, -0.25) is 4.79 Å². The second-order valence-electron chi connectivity index (χ2n) is 4.36. The monoisotopic (exact) mass is 396 g/mol. The fourth-order valence-corrected chi connectivity index (χ4v) is 2.71. The lowest BCUT2D eigenvalue weighted by Gasteiger charge is -2.10. The van der Waals surface area contributed by atoms with Crippen molar-refractivity contribution in [1.82, 2.24) is 0 Å².